The molecule has 0 amide bonds. The number of benzene rings is 2. The Balaban J connectivity index is 2.42. The molecule has 0 aliphatic heterocycles. The van der Waals surface area contributed by atoms with E-state index >= 15 is 0 Å². The molecule has 0 saturated carbocycles. The van der Waals surface area contributed by atoms with E-state index in [0.29, 0.717) is 18.2 Å². The monoisotopic (exact) mass is 324 g/mol. The van der Waals surface area contributed by atoms with Crippen molar-refractivity contribution < 1.29 is 17.2 Å². The first-order valence-electron chi connectivity index (χ1n) is 6.52. The molecule has 0 aliphatic carbocycles. The summed E-state index contributed by atoms with van der Waals surface area (Å²) in [7, 11) is -4.28. The van der Waals surface area contributed by atoms with Crippen LogP contribution in [0.3, 0.4) is 0 Å². The average molecular weight is 324 g/mol. The van der Waals surface area contributed by atoms with Crippen LogP contribution in [0.4, 0.5) is 8.78 Å². The molecule has 0 radical (unpaired) electrons. The van der Waals surface area contributed by atoms with Crippen molar-refractivity contribution in [2.24, 2.45) is 4.99 Å². The van der Waals surface area contributed by atoms with Crippen molar-refractivity contribution >= 4 is 15.9 Å². The standard InChI is InChI=1S/C15H14F2N2O2S/c1-2-18-15(11-6-4-3-5-7-11)19-22(20,21)14-10-12(16)8-9-13(14)17/h3-10H,2H2,1H3,(H,18,19). The Hall–Kier alpha value is -2.28. The van der Waals surface area contributed by atoms with Gasteiger partial charge in [0.05, 0.1) is 0 Å². The molecular weight excluding hydrogens is 310 g/mol. The van der Waals surface area contributed by atoms with Crippen LogP contribution in [0, 0.1) is 11.6 Å². The first-order chi connectivity index (χ1) is 10.4. The number of nitrogens with zero attached hydrogens (tertiary/aromatic N) is 1. The molecule has 0 heterocycles. The van der Waals surface area contributed by atoms with E-state index in [1.165, 1.54) is 0 Å². The molecule has 22 heavy (non-hydrogen) atoms. The van der Waals surface area contributed by atoms with E-state index in [-0.39, 0.29) is 5.84 Å². The van der Waals surface area contributed by atoms with Crippen LogP contribution in [0.15, 0.2) is 58.4 Å². The Kier molecular flexibility index (Phi) is 4.87. The van der Waals surface area contributed by atoms with Gasteiger partial charge in [0.1, 0.15) is 22.4 Å². The largest absolute Gasteiger partial charge is 0.268 e. The van der Waals surface area contributed by atoms with Gasteiger partial charge in [-0.15, -0.1) is 0 Å². The van der Waals surface area contributed by atoms with E-state index < -0.39 is 26.6 Å². The Morgan fingerprint density at radius 2 is 1.82 bits per heavy atom. The number of sulfonamides is 1. The van der Waals surface area contributed by atoms with Crippen molar-refractivity contribution in [3.8, 4) is 0 Å². The van der Waals surface area contributed by atoms with Crippen LogP contribution in [0.5, 0.6) is 0 Å². The van der Waals surface area contributed by atoms with Gasteiger partial charge in [0, 0.05) is 12.1 Å². The third kappa shape index (κ3) is 3.67. The van der Waals surface area contributed by atoms with Crippen LogP contribution in [0.1, 0.15) is 12.5 Å². The molecule has 0 fully saturated rings. The van der Waals surface area contributed by atoms with E-state index in [9.17, 15) is 17.2 Å². The zero-order valence-electron chi connectivity index (χ0n) is 11.8. The minimum absolute atomic E-state index is 0.0757. The maximum absolute atomic E-state index is 13.7. The lowest BCUT2D eigenvalue weighted by Gasteiger charge is -2.11. The molecule has 7 heteroatoms. The lowest BCUT2D eigenvalue weighted by molar-refractivity contribution is 0.551. The van der Waals surface area contributed by atoms with Crippen molar-refractivity contribution in [2.75, 3.05) is 6.54 Å². The number of rotatable bonds is 4. The van der Waals surface area contributed by atoms with Gasteiger partial charge in [-0.1, -0.05) is 30.3 Å². The molecule has 2 aromatic carbocycles. The predicted molar refractivity (Wildman–Crippen MR) is 80.2 cm³/mol. The molecule has 1 N–H and O–H groups in total. The van der Waals surface area contributed by atoms with Gasteiger partial charge in [-0.05, 0) is 25.1 Å². The van der Waals surface area contributed by atoms with Crippen LogP contribution in [-0.4, -0.2) is 20.8 Å². The number of aliphatic imine (C=N–C) groups is 1. The van der Waals surface area contributed by atoms with Crippen LogP contribution >= 0.6 is 0 Å². The summed E-state index contributed by atoms with van der Waals surface area (Å²) in [5.41, 5.74) is 0.532. The third-order valence-corrected chi connectivity index (χ3v) is 4.13. The number of nitrogens with one attached hydrogen (secondary N) is 1. The van der Waals surface area contributed by atoms with Gasteiger partial charge < -0.3 is 0 Å². The molecule has 0 spiro atoms. The molecular formula is C15H14F2N2O2S. The predicted octanol–water partition coefficient (Wildman–Crippen LogP) is 2.71. The second kappa shape index (κ2) is 6.65. The molecule has 2 rings (SSSR count). The Bertz CT molecular complexity index is 790. The lowest BCUT2D eigenvalue weighted by atomic mass is 10.2. The van der Waals surface area contributed by atoms with Gasteiger partial charge in [-0.2, -0.15) is 0 Å². The summed E-state index contributed by atoms with van der Waals surface area (Å²) in [6.45, 7) is 2.07. The van der Waals surface area contributed by atoms with Crippen LogP contribution in [0.25, 0.3) is 0 Å². The van der Waals surface area contributed by atoms with Crippen molar-refractivity contribution in [1.29, 1.82) is 0 Å². The van der Waals surface area contributed by atoms with E-state index in [2.05, 4.69) is 9.71 Å². The number of hydrogen-bond acceptors (Lipinski definition) is 3. The molecule has 0 atom stereocenters. The molecule has 0 aliphatic rings. The maximum atomic E-state index is 13.7. The smallest absolute Gasteiger partial charge is 0.266 e. The lowest BCUT2D eigenvalue weighted by Crippen LogP contribution is -2.32. The molecule has 116 valence electrons. The Morgan fingerprint density at radius 3 is 2.45 bits per heavy atom. The highest BCUT2D eigenvalue weighted by atomic mass is 32.2. The molecule has 0 saturated heterocycles. The van der Waals surface area contributed by atoms with E-state index in [1.54, 1.807) is 37.3 Å². The zero-order chi connectivity index (χ0) is 16.2. The number of amidine groups is 1. The van der Waals surface area contributed by atoms with Gasteiger partial charge in [0.2, 0.25) is 0 Å². The summed E-state index contributed by atoms with van der Waals surface area (Å²) >= 11 is 0. The second-order valence-corrected chi connectivity index (χ2v) is 6.02. The Morgan fingerprint density at radius 1 is 1.14 bits per heavy atom. The summed E-state index contributed by atoms with van der Waals surface area (Å²) in [4.78, 5) is 3.31. The Labute approximate surface area is 127 Å². The molecule has 4 nitrogen and oxygen atoms in total. The first-order valence-corrected chi connectivity index (χ1v) is 8.00. The number of hydrogen-bond donors (Lipinski definition) is 1. The highest BCUT2D eigenvalue weighted by Gasteiger charge is 2.22. The van der Waals surface area contributed by atoms with Crippen molar-refractivity contribution in [2.45, 2.75) is 11.8 Å². The van der Waals surface area contributed by atoms with Crippen molar-refractivity contribution in [3.63, 3.8) is 0 Å². The summed E-state index contributed by atoms with van der Waals surface area (Å²) in [6.07, 6.45) is 0. The van der Waals surface area contributed by atoms with Gasteiger partial charge in [-0.3, -0.25) is 9.71 Å². The van der Waals surface area contributed by atoms with E-state index in [0.717, 1.165) is 12.1 Å². The van der Waals surface area contributed by atoms with Gasteiger partial charge >= 0.3 is 0 Å². The van der Waals surface area contributed by atoms with Crippen LogP contribution in [0.2, 0.25) is 0 Å². The maximum Gasteiger partial charge on any atom is 0.266 e. The molecule has 0 aromatic heterocycles. The second-order valence-electron chi connectivity index (χ2n) is 4.37. The SMILES string of the molecule is CCN=C(NS(=O)(=O)c1cc(F)ccc1F)c1ccccc1. The summed E-state index contributed by atoms with van der Waals surface area (Å²) in [6, 6.07) is 10.8. The summed E-state index contributed by atoms with van der Waals surface area (Å²) < 4.78 is 53.6. The van der Waals surface area contributed by atoms with E-state index in [1.807, 2.05) is 0 Å². The minimum atomic E-state index is -4.28. The zero-order valence-corrected chi connectivity index (χ0v) is 12.6. The third-order valence-electron chi connectivity index (χ3n) is 2.78. The summed E-state index contributed by atoms with van der Waals surface area (Å²) in [5.74, 6) is -1.79. The molecule has 0 bridgehead atoms. The molecule has 2 aromatic rings. The fourth-order valence-corrected chi connectivity index (χ4v) is 2.94. The first kappa shape index (κ1) is 16.1. The number of halogens is 2. The fraction of sp³-hybridized carbons (Fsp3) is 0.133. The van der Waals surface area contributed by atoms with Crippen molar-refractivity contribution in [1.82, 2.24) is 4.72 Å². The quantitative estimate of drug-likeness (QED) is 0.694. The highest BCUT2D eigenvalue weighted by Crippen LogP contribution is 2.16. The molecule has 0 unspecified atom stereocenters. The van der Waals surface area contributed by atoms with Crippen LogP contribution in [-0.2, 0) is 10.0 Å². The van der Waals surface area contributed by atoms with Crippen LogP contribution < -0.4 is 4.72 Å². The minimum Gasteiger partial charge on any atom is -0.268 e. The summed E-state index contributed by atoms with van der Waals surface area (Å²) in [5, 5.41) is 0. The van der Waals surface area contributed by atoms with Gasteiger partial charge in [-0.25, -0.2) is 17.2 Å². The average Bonchev–Trinajstić information content (AvgIpc) is 2.50. The van der Waals surface area contributed by atoms with Gasteiger partial charge in [0.25, 0.3) is 10.0 Å². The fourth-order valence-electron chi connectivity index (χ4n) is 1.80. The topological polar surface area (TPSA) is 58.5 Å². The van der Waals surface area contributed by atoms with Gasteiger partial charge in [0.15, 0.2) is 0 Å². The highest BCUT2D eigenvalue weighted by molar-refractivity contribution is 7.90. The normalized spacial score (nSPS) is 12.2. The van der Waals surface area contributed by atoms with E-state index in [4.69, 9.17) is 0 Å². The van der Waals surface area contributed by atoms with Crippen molar-refractivity contribution in [3.05, 3.63) is 65.7 Å².